The molecule has 2 atom stereocenters. The first-order chi connectivity index (χ1) is 11.8. The van der Waals surface area contributed by atoms with Crippen LogP contribution < -0.4 is 5.32 Å². The summed E-state index contributed by atoms with van der Waals surface area (Å²) in [6.45, 7) is 9.52. The summed E-state index contributed by atoms with van der Waals surface area (Å²) in [6, 6.07) is 6.83. The second-order valence-electron chi connectivity index (χ2n) is 6.98. The van der Waals surface area contributed by atoms with Crippen LogP contribution in [-0.2, 0) is 11.2 Å². The number of amides is 1. The number of carbonyl (C=O) groups is 1. The van der Waals surface area contributed by atoms with Crippen LogP contribution in [0.25, 0.3) is 5.69 Å². The molecule has 1 aliphatic heterocycles. The maximum absolute atomic E-state index is 13.1. The topological polar surface area (TPSA) is 50.2 Å². The number of aromatic nitrogens is 2. The maximum Gasteiger partial charge on any atom is 0.227 e. The van der Waals surface area contributed by atoms with Gasteiger partial charge in [0.15, 0.2) is 0 Å². The average Bonchev–Trinajstić information content (AvgIpc) is 2.83. The number of carbonyl (C=O) groups excluding carboxylic acids is 1. The molecule has 1 aromatic heterocycles. The minimum absolute atomic E-state index is 0.130. The molecule has 134 valence electrons. The molecule has 3 rings (SSSR count). The highest BCUT2D eigenvalue weighted by atomic mass is 19.1. The molecule has 1 N–H and O–H groups in total. The lowest BCUT2D eigenvalue weighted by molar-refractivity contribution is -0.132. The van der Waals surface area contributed by atoms with Gasteiger partial charge < -0.3 is 10.2 Å². The van der Waals surface area contributed by atoms with Crippen LogP contribution in [0.15, 0.2) is 24.3 Å². The molecule has 1 aliphatic rings. The van der Waals surface area contributed by atoms with Crippen molar-refractivity contribution in [1.82, 2.24) is 20.0 Å². The highest BCUT2D eigenvalue weighted by molar-refractivity contribution is 5.79. The van der Waals surface area contributed by atoms with E-state index in [4.69, 9.17) is 0 Å². The van der Waals surface area contributed by atoms with E-state index in [1.54, 1.807) is 16.8 Å². The van der Waals surface area contributed by atoms with Crippen molar-refractivity contribution in [1.29, 1.82) is 0 Å². The van der Waals surface area contributed by atoms with Gasteiger partial charge in [0.1, 0.15) is 5.82 Å². The van der Waals surface area contributed by atoms with Gasteiger partial charge in [0.05, 0.1) is 17.8 Å². The fourth-order valence-corrected chi connectivity index (χ4v) is 3.56. The molecule has 0 spiro atoms. The van der Waals surface area contributed by atoms with Crippen molar-refractivity contribution in [2.75, 3.05) is 13.1 Å². The summed E-state index contributed by atoms with van der Waals surface area (Å²) in [5, 5.41) is 7.99. The molecule has 1 aromatic carbocycles. The quantitative estimate of drug-likeness (QED) is 0.930. The van der Waals surface area contributed by atoms with Gasteiger partial charge >= 0.3 is 0 Å². The molecule has 1 fully saturated rings. The van der Waals surface area contributed by atoms with Gasteiger partial charge in [0.2, 0.25) is 5.91 Å². The number of nitrogens with one attached hydrogen (secondary N) is 1. The lowest BCUT2D eigenvalue weighted by atomic mass is 10.1. The van der Waals surface area contributed by atoms with Crippen molar-refractivity contribution in [3.63, 3.8) is 0 Å². The molecule has 25 heavy (non-hydrogen) atoms. The van der Waals surface area contributed by atoms with Crippen molar-refractivity contribution < 1.29 is 9.18 Å². The first kappa shape index (κ1) is 17.6. The number of benzene rings is 1. The van der Waals surface area contributed by atoms with Gasteiger partial charge in [-0.15, -0.1) is 0 Å². The summed E-state index contributed by atoms with van der Waals surface area (Å²) in [7, 11) is 0. The van der Waals surface area contributed by atoms with Gasteiger partial charge in [-0.1, -0.05) is 0 Å². The molecule has 0 radical (unpaired) electrons. The lowest BCUT2D eigenvalue weighted by Crippen LogP contribution is -2.56. The average molecular weight is 344 g/mol. The molecule has 2 heterocycles. The third kappa shape index (κ3) is 3.74. The Morgan fingerprint density at radius 3 is 2.40 bits per heavy atom. The predicted molar refractivity (Wildman–Crippen MR) is 95.3 cm³/mol. The second-order valence-corrected chi connectivity index (χ2v) is 6.98. The Hall–Kier alpha value is -2.21. The highest BCUT2D eigenvalue weighted by Gasteiger charge is 2.26. The minimum atomic E-state index is -0.275. The molecule has 1 amide bonds. The fraction of sp³-hybridized carbons (Fsp3) is 0.474. The third-order valence-electron chi connectivity index (χ3n) is 4.75. The standard InChI is InChI=1S/C19H25FN4O/c1-12-10-23(11-13(2)21-12)19(25)9-18-14(3)22-24(15(18)4)17-7-5-16(20)6-8-17/h5-8,12-13,21H,9-11H2,1-4H3. The molecule has 0 aliphatic carbocycles. The zero-order chi connectivity index (χ0) is 18.1. The monoisotopic (exact) mass is 344 g/mol. The van der Waals surface area contributed by atoms with Crippen LogP contribution in [0.5, 0.6) is 0 Å². The lowest BCUT2D eigenvalue weighted by Gasteiger charge is -2.36. The van der Waals surface area contributed by atoms with Crippen LogP contribution in [0, 0.1) is 19.7 Å². The van der Waals surface area contributed by atoms with Crippen LogP contribution in [0.3, 0.4) is 0 Å². The van der Waals surface area contributed by atoms with E-state index in [9.17, 15) is 9.18 Å². The van der Waals surface area contributed by atoms with Crippen LogP contribution in [-0.4, -0.2) is 45.8 Å². The Kier molecular flexibility index (Phi) is 4.90. The number of nitrogens with zero attached hydrogens (tertiary/aromatic N) is 3. The first-order valence-electron chi connectivity index (χ1n) is 8.70. The maximum atomic E-state index is 13.1. The number of aryl methyl sites for hydroxylation is 1. The minimum Gasteiger partial charge on any atom is -0.339 e. The van der Waals surface area contributed by atoms with Crippen LogP contribution in [0.4, 0.5) is 4.39 Å². The van der Waals surface area contributed by atoms with E-state index >= 15 is 0 Å². The largest absolute Gasteiger partial charge is 0.339 e. The Bertz CT molecular complexity index is 758. The summed E-state index contributed by atoms with van der Waals surface area (Å²) in [5.41, 5.74) is 3.51. The normalized spacial score (nSPS) is 20.8. The zero-order valence-corrected chi connectivity index (χ0v) is 15.2. The van der Waals surface area contributed by atoms with Crippen LogP contribution in [0.1, 0.15) is 30.8 Å². The van der Waals surface area contributed by atoms with Crippen molar-refractivity contribution in [2.45, 2.75) is 46.2 Å². The van der Waals surface area contributed by atoms with Gasteiger partial charge in [0.25, 0.3) is 0 Å². The van der Waals surface area contributed by atoms with Crippen molar-refractivity contribution in [3.05, 3.63) is 47.0 Å². The molecule has 1 saturated heterocycles. The highest BCUT2D eigenvalue weighted by Crippen LogP contribution is 2.20. The number of hydrogen-bond donors (Lipinski definition) is 1. The van der Waals surface area contributed by atoms with E-state index in [2.05, 4.69) is 24.3 Å². The molecule has 2 unspecified atom stereocenters. The molecule has 2 aromatic rings. The second kappa shape index (κ2) is 6.96. The molecule has 0 bridgehead atoms. The smallest absolute Gasteiger partial charge is 0.227 e. The third-order valence-corrected chi connectivity index (χ3v) is 4.75. The molecule has 6 heteroatoms. The van der Waals surface area contributed by atoms with E-state index < -0.39 is 0 Å². The molecule has 5 nitrogen and oxygen atoms in total. The van der Waals surface area contributed by atoms with Crippen molar-refractivity contribution in [3.8, 4) is 5.69 Å². The van der Waals surface area contributed by atoms with Gasteiger partial charge in [0, 0.05) is 36.4 Å². The summed E-state index contributed by atoms with van der Waals surface area (Å²) in [6.07, 6.45) is 0.346. The number of rotatable bonds is 3. The van der Waals surface area contributed by atoms with Gasteiger partial charge in [-0.25, -0.2) is 9.07 Å². The van der Waals surface area contributed by atoms with E-state index in [1.807, 2.05) is 18.7 Å². The van der Waals surface area contributed by atoms with Crippen LogP contribution >= 0.6 is 0 Å². The van der Waals surface area contributed by atoms with Crippen molar-refractivity contribution in [2.24, 2.45) is 0 Å². The summed E-state index contributed by atoms with van der Waals surface area (Å²) in [5.74, 6) is -0.146. The number of halogens is 1. The number of hydrogen-bond acceptors (Lipinski definition) is 3. The fourth-order valence-electron chi connectivity index (χ4n) is 3.56. The zero-order valence-electron chi connectivity index (χ0n) is 15.2. The Labute approximate surface area is 147 Å². The van der Waals surface area contributed by atoms with Crippen LogP contribution in [0.2, 0.25) is 0 Å². The van der Waals surface area contributed by atoms with E-state index in [1.165, 1.54) is 12.1 Å². The number of piperazine rings is 1. The molecular weight excluding hydrogens is 319 g/mol. The first-order valence-corrected chi connectivity index (χ1v) is 8.70. The summed E-state index contributed by atoms with van der Waals surface area (Å²) < 4.78 is 14.9. The SMILES string of the molecule is Cc1nn(-c2ccc(F)cc2)c(C)c1CC(=O)N1CC(C)NC(C)C1. The van der Waals surface area contributed by atoms with E-state index in [0.29, 0.717) is 18.5 Å². The Morgan fingerprint density at radius 2 is 1.80 bits per heavy atom. The molecular formula is C19H25FN4O. The molecule has 0 saturated carbocycles. The summed E-state index contributed by atoms with van der Waals surface area (Å²) in [4.78, 5) is 14.7. The predicted octanol–water partition coefficient (Wildman–Crippen LogP) is 2.38. The van der Waals surface area contributed by atoms with Gasteiger partial charge in [-0.2, -0.15) is 5.10 Å². The van der Waals surface area contributed by atoms with Crippen molar-refractivity contribution >= 4 is 5.91 Å². The van der Waals surface area contributed by atoms with E-state index in [0.717, 1.165) is 35.7 Å². The van der Waals surface area contributed by atoms with E-state index in [-0.39, 0.29) is 11.7 Å². The Morgan fingerprint density at radius 1 is 1.20 bits per heavy atom. The summed E-state index contributed by atoms with van der Waals surface area (Å²) >= 11 is 0. The Balaban J connectivity index is 1.81. The van der Waals surface area contributed by atoms with Gasteiger partial charge in [-0.05, 0) is 52.0 Å². The van der Waals surface area contributed by atoms with Gasteiger partial charge in [-0.3, -0.25) is 4.79 Å².